The maximum Gasteiger partial charge on any atom is 0.231 e. The Morgan fingerprint density at radius 3 is 2.52 bits per heavy atom. The molecular formula is C18H19NO2. The van der Waals surface area contributed by atoms with E-state index in [0.717, 1.165) is 17.9 Å². The first-order chi connectivity index (χ1) is 10.2. The summed E-state index contributed by atoms with van der Waals surface area (Å²) in [6.45, 7) is 0.334. The van der Waals surface area contributed by atoms with Crippen molar-refractivity contribution in [3.8, 4) is 11.5 Å². The molecule has 2 atom stereocenters. The predicted octanol–water partition coefficient (Wildman–Crippen LogP) is 3.55. The molecule has 0 N–H and O–H groups in total. The molecule has 21 heavy (non-hydrogen) atoms. The number of hydrogen-bond donors (Lipinski definition) is 0. The van der Waals surface area contributed by atoms with Crippen LogP contribution in [0.2, 0.25) is 0 Å². The summed E-state index contributed by atoms with van der Waals surface area (Å²) in [7, 11) is 4.31. The Morgan fingerprint density at radius 2 is 1.71 bits per heavy atom. The Balaban J connectivity index is 1.76. The first-order valence-corrected chi connectivity index (χ1v) is 7.39. The van der Waals surface area contributed by atoms with Crippen molar-refractivity contribution in [2.45, 2.75) is 18.4 Å². The monoisotopic (exact) mass is 281 g/mol. The first kappa shape index (κ1) is 12.7. The molecule has 2 aromatic carbocycles. The number of ether oxygens (including phenoxy) is 2. The van der Waals surface area contributed by atoms with Crippen molar-refractivity contribution in [3.63, 3.8) is 0 Å². The van der Waals surface area contributed by atoms with Crippen LogP contribution in [0.1, 0.15) is 35.1 Å². The second kappa shape index (κ2) is 4.78. The van der Waals surface area contributed by atoms with Crippen LogP contribution >= 0.6 is 0 Å². The zero-order valence-corrected chi connectivity index (χ0v) is 12.4. The van der Waals surface area contributed by atoms with E-state index in [1.54, 1.807) is 0 Å². The van der Waals surface area contributed by atoms with Crippen molar-refractivity contribution in [2.24, 2.45) is 0 Å². The number of hydrogen-bond acceptors (Lipinski definition) is 3. The maximum absolute atomic E-state index is 5.53. The molecule has 2 aliphatic rings. The van der Waals surface area contributed by atoms with Crippen LogP contribution in [0.3, 0.4) is 0 Å². The average molecular weight is 281 g/mol. The molecule has 1 aliphatic heterocycles. The zero-order valence-electron chi connectivity index (χ0n) is 12.4. The Bertz CT molecular complexity index is 681. The molecule has 3 nitrogen and oxygen atoms in total. The molecular weight excluding hydrogens is 262 g/mol. The highest BCUT2D eigenvalue weighted by Gasteiger charge is 2.33. The van der Waals surface area contributed by atoms with Gasteiger partial charge in [-0.25, -0.2) is 0 Å². The van der Waals surface area contributed by atoms with Crippen molar-refractivity contribution >= 4 is 0 Å². The highest BCUT2D eigenvalue weighted by atomic mass is 16.7. The Labute approximate surface area is 125 Å². The fourth-order valence-electron chi connectivity index (χ4n) is 3.54. The second-order valence-corrected chi connectivity index (χ2v) is 6.01. The summed E-state index contributed by atoms with van der Waals surface area (Å²) in [6, 6.07) is 15.6. The van der Waals surface area contributed by atoms with E-state index in [1.165, 1.54) is 16.7 Å². The molecule has 0 saturated carbocycles. The summed E-state index contributed by atoms with van der Waals surface area (Å²) in [5, 5.41) is 0. The Morgan fingerprint density at radius 1 is 0.952 bits per heavy atom. The summed E-state index contributed by atoms with van der Waals surface area (Å²) >= 11 is 0. The molecule has 0 aromatic heterocycles. The number of rotatable bonds is 2. The van der Waals surface area contributed by atoms with Gasteiger partial charge in [-0.15, -0.1) is 0 Å². The lowest BCUT2D eigenvalue weighted by atomic mass is 9.93. The summed E-state index contributed by atoms with van der Waals surface area (Å²) in [4.78, 5) is 2.31. The average Bonchev–Trinajstić information content (AvgIpc) is 3.10. The van der Waals surface area contributed by atoms with Crippen molar-refractivity contribution in [1.29, 1.82) is 0 Å². The summed E-state index contributed by atoms with van der Waals surface area (Å²) in [5.74, 6) is 2.16. The van der Waals surface area contributed by atoms with E-state index in [9.17, 15) is 0 Å². The Kier molecular flexibility index (Phi) is 2.89. The standard InChI is InChI=1S/C18H19NO2/c1-19(2)16-10-15(13-5-3-4-6-14(13)16)12-7-8-17-18(9-12)21-11-20-17/h3-9,15-16H,10-11H2,1-2H3/t15-,16+/m1/s1. The van der Waals surface area contributed by atoms with Crippen LogP contribution in [0, 0.1) is 0 Å². The van der Waals surface area contributed by atoms with Crippen LogP contribution in [0.25, 0.3) is 0 Å². The van der Waals surface area contributed by atoms with Crippen molar-refractivity contribution < 1.29 is 9.47 Å². The molecule has 4 rings (SSSR count). The van der Waals surface area contributed by atoms with Crippen LogP contribution in [-0.4, -0.2) is 25.8 Å². The van der Waals surface area contributed by atoms with Gasteiger partial charge in [0.15, 0.2) is 11.5 Å². The molecule has 3 heteroatoms. The van der Waals surface area contributed by atoms with Gasteiger partial charge in [0, 0.05) is 12.0 Å². The molecule has 0 radical (unpaired) electrons. The number of nitrogens with zero attached hydrogens (tertiary/aromatic N) is 1. The van der Waals surface area contributed by atoms with Gasteiger partial charge in [0.05, 0.1) is 0 Å². The van der Waals surface area contributed by atoms with E-state index in [4.69, 9.17) is 9.47 Å². The van der Waals surface area contributed by atoms with E-state index in [1.807, 2.05) is 6.07 Å². The van der Waals surface area contributed by atoms with Gasteiger partial charge in [-0.1, -0.05) is 30.3 Å². The quantitative estimate of drug-likeness (QED) is 0.840. The smallest absolute Gasteiger partial charge is 0.231 e. The van der Waals surface area contributed by atoms with E-state index in [2.05, 4.69) is 55.4 Å². The summed E-state index contributed by atoms with van der Waals surface area (Å²) in [6.07, 6.45) is 1.12. The minimum atomic E-state index is 0.334. The third kappa shape index (κ3) is 2.00. The van der Waals surface area contributed by atoms with Gasteiger partial charge in [0.1, 0.15) is 0 Å². The fraction of sp³-hybridized carbons (Fsp3) is 0.333. The normalized spacial score (nSPS) is 22.6. The molecule has 0 saturated heterocycles. The van der Waals surface area contributed by atoms with E-state index in [-0.39, 0.29) is 0 Å². The maximum atomic E-state index is 5.53. The van der Waals surface area contributed by atoms with Crippen LogP contribution in [0.5, 0.6) is 11.5 Å². The molecule has 1 heterocycles. The molecule has 0 spiro atoms. The van der Waals surface area contributed by atoms with Crippen LogP contribution in [-0.2, 0) is 0 Å². The fourth-order valence-corrected chi connectivity index (χ4v) is 3.54. The van der Waals surface area contributed by atoms with Gasteiger partial charge in [0.2, 0.25) is 6.79 Å². The SMILES string of the molecule is CN(C)[C@H]1C[C@H](c2ccc3c(c2)OCO3)c2ccccc21. The number of benzene rings is 2. The number of fused-ring (bicyclic) bond motifs is 2. The van der Waals surface area contributed by atoms with E-state index < -0.39 is 0 Å². The van der Waals surface area contributed by atoms with Crippen LogP contribution in [0.15, 0.2) is 42.5 Å². The highest BCUT2D eigenvalue weighted by molar-refractivity contribution is 5.50. The molecule has 1 aliphatic carbocycles. The van der Waals surface area contributed by atoms with E-state index in [0.29, 0.717) is 18.8 Å². The second-order valence-electron chi connectivity index (χ2n) is 6.01. The molecule has 0 unspecified atom stereocenters. The van der Waals surface area contributed by atoms with Gasteiger partial charge in [-0.3, -0.25) is 0 Å². The molecule has 0 bridgehead atoms. The molecule has 0 fully saturated rings. The van der Waals surface area contributed by atoms with Crippen LogP contribution < -0.4 is 9.47 Å². The van der Waals surface area contributed by atoms with Crippen molar-refractivity contribution in [3.05, 3.63) is 59.2 Å². The van der Waals surface area contributed by atoms with Gasteiger partial charge in [-0.05, 0) is 49.3 Å². The minimum absolute atomic E-state index is 0.334. The predicted molar refractivity (Wildman–Crippen MR) is 81.9 cm³/mol. The summed E-state index contributed by atoms with van der Waals surface area (Å²) in [5.41, 5.74) is 4.20. The largest absolute Gasteiger partial charge is 0.454 e. The van der Waals surface area contributed by atoms with Gasteiger partial charge in [-0.2, -0.15) is 0 Å². The highest BCUT2D eigenvalue weighted by Crippen LogP contribution is 2.47. The van der Waals surface area contributed by atoms with Crippen molar-refractivity contribution in [2.75, 3.05) is 20.9 Å². The topological polar surface area (TPSA) is 21.7 Å². The lowest BCUT2D eigenvalue weighted by Gasteiger charge is -2.20. The van der Waals surface area contributed by atoms with Crippen molar-refractivity contribution in [1.82, 2.24) is 4.90 Å². The molecule has 0 amide bonds. The summed E-state index contributed by atoms with van der Waals surface area (Å²) < 4.78 is 10.9. The third-order valence-corrected chi connectivity index (χ3v) is 4.61. The lowest BCUT2D eigenvalue weighted by Crippen LogP contribution is -2.17. The van der Waals surface area contributed by atoms with Crippen LogP contribution in [0.4, 0.5) is 0 Å². The third-order valence-electron chi connectivity index (χ3n) is 4.61. The molecule has 2 aromatic rings. The lowest BCUT2D eigenvalue weighted by molar-refractivity contribution is 0.174. The van der Waals surface area contributed by atoms with Gasteiger partial charge >= 0.3 is 0 Å². The first-order valence-electron chi connectivity index (χ1n) is 7.39. The Hall–Kier alpha value is -2.00. The minimum Gasteiger partial charge on any atom is -0.454 e. The zero-order chi connectivity index (χ0) is 14.4. The van der Waals surface area contributed by atoms with E-state index >= 15 is 0 Å². The van der Waals surface area contributed by atoms with Gasteiger partial charge in [0.25, 0.3) is 0 Å². The van der Waals surface area contributed by atoms with Gasteiger partial charge < -0.3 is 14.4 Å². The molecule has 108 valence electrons.